The van der Waals surface area contributed by atoms with Gasteiger partial charge in [0.15, 0.2) is 0 Å². The number of hydrogen-bond donors (Lipinski definition) is 3. The second kappa shape index (κ2) is 5.67. The van der Waals surface area contributed by atoms with Crippen molar-refractivity contribution in [2.24, 2.45) is 0 Å². The van der Waals surface area contributed by atoms with Crippen LogP contribution in [0.15, 0.2) is 0 Å². The quantitative estimate of drug-likeness (QED) is 0.532. The van der Waals surface area contributed by atoms with Crippen LogP contribution in [0.25, 0.3) is 0 Å². The molecular weight excluding hydrogens is 202 g/mol. The van der Waals surface area contributed by atoms with Gasteiger partial charge in [-0.15, -0.1) is 0 Å². The van der Waals surface area contributed by atoms with E-state index in [0.29, 0.717) is 0 Å². The first-order valence-corrected chi connectivity index (χ1v) is 4.55. The summed E-state index contributed by atoms with van der Waals surface area (Å²) in [7, 11) is 0. The maximum Gasteiger partial charge on any atom is 0.323 e. The maximum atomic E-state index is 11.1. The summed E-state index contributed by atoms with van der Waals surface area (Å²) in [6.45, 7) is 4.33. The number of hydrogen-bond acceptors (Lipinski definition) is 5. The number of carboxylic acids is 1. The third kappa shape index (κ3) is 6.87. The average molecular weight is 219 g/mol. The van der Waals surface area contributed by atoms with Crippen LogP contribution >= 0.6 is 0 Å². The van der Waals surface area contributed by atoms with E-state index in [0.717, 1.165) is 0 Å². The SMILES string of the molecule is CC(C)(C)OC(=O)CN[C@@H](CO)C(=O)O. The molecule has 0 aromatic carbocycles. The van der Waals surface area contributed by atoms with E-state index in [1.807, 2.05) is 0 Å². The topological polar surface area (TPSA) is 95.9 Å². The Hall–Kier alpha value is -1.14. The molecule has 0 bridgehead atoms. The van der Waals surface area contributed by atoms with Crippen LogP contribution in [0.2, 0.25) is 0 Å². The third-order valence-electron chi connectivity index (χ3n) is 1.39. The highest BCUT2D eigenvalue weighted by molar-refractivity contribution is 5.76. The number of rotatable bonds is 5. The van der Waals surface area contributed by atoms with Crippen LogP contribution in [0.1, 0.15) is 20.8 Å². The molecule has 0 heterocycles. The van der Waals surface area contributed by atoms with E-state index >= 15 is 0 Å². The monoisotopic (exact) mass is 219 g/mol. The first kappa shape index (κ1) is 13.9. The van der Waals surface area contributed by atoms with Gasteiger partial charge in [-0.3, -0.25) is 14.9 Å². The van der Waals surface area contributed by atoms with Crippen LogP contribution < -0.4 is 5.32 Å². The Morgan fingerprint density at radius 3 is 2.27 bits per heavy atom. The van der Waals surface area contributed by atoms with Crippen molar-refractivity contribution in [1.29, 1.82) is 0 Å². The van der Waals surface area contributed by atoms with E-state index in [1.54, 1.807) is 20.8 Å². The lowest BCUT2D eigenvalue weighted by atomic mass is 10.2. The van der Waals surface area contributed by atoms with Crippen molar-refractivity contribution < 1.29 is 24.5 Å². The minimum absolute atomic E-state index is 0.241. The molecule has 6 nitrogen and oxygen atoms in total. The van der Waals surface area contributed by atoms with E-state index in [9.17, 15) is 9.59 Å². The first-order valence-electron chi connectivity index (χ1n) is 4.55. The number of carboxylic acid groups (broad SMARTS) is 1. The molecule has 0 aliphatic heterocycles. The summed E-state index contributed by atoms with van der Waals surface area (Å²) in [5.74, 6) is -1.76. The van der Waals surface area contributed by atoms with Gasteiger partial charge in [0, 0.05) is 0 Å². The van der Waals surface area contributed by atoms with Gasteiger partial charge in [0.2, 0.25) is 0 Å². The normalized spacial score (nSPS) is 13.3. The first-order chi connectivity index (χ1) is 6.76. The molecule has 0 aliphatic carbocycles. The highest BCUT2D eigenvalue weighted by atomic mass is 16.6. The largest absolute Gasteiger partial charge is 0.480 e. The molecule has 88 valence electrons. The highest BCUT2D eigenvalue weighted by Gasteiger charge is 2.20. The smallest absolute Gasteiger partial charge is 0.323 e. The van der Waals surface area contributed by atoms with E-state index in [2.05, 4.69) is 5.32 Å². The van der Waals surface area contributed by atoms with E-state index < -0.39 is 30.2 Å². The van der Waals surface area contributed by atoms with Crippen LogP contribution in [0, 0.1) is 0 Å². The molecule has 0 saturated heterocycles. The molecule has 0 aromatic rings. The zero-order valence-electron chi connectivity index (χ0n) is 9.11. The van der Waals surface area contributed by atoms with E-state index in [-0.39, 0.29) is 6.54 Å². The summed E-state index contributed by atoms with van der Waals surface area (Å²) in [6.07, 6.45) is 0. The molecule has 0 rings (SSSR count). The lowest BCUT2D eigenvalue weighted by Gasteiger charge is -2.20. The van der Waals surface area contributed by atoms with Gasteiger partial charge in [-0.05, 0) is 20.8 Å². The molecule has 1 atom stereocenters. The molecule has 0 spiro atoms. The summed E-state index contributed by atoms with van der Waals surface area (Å²) < 4.78 is 4.94. The zero-order chi connectivity index (χ0) is 12.1. The molecule has 15 heavy (non-hydrogen) atoms. The Kier molecular flexibility index (Phi) is 5.24. The van der Waals surface area contributed by atoms with Gasteiger partial charge < -0.3 is 14.9 Å². The summed E-state index contributed by atoms with van der Waals surface area (Å²) in [4.78, 5) is 21.6. The van der Waals surface area contributed by atoms with Crippen molar-refractivity contribution in [2.75, 3.05) is 13.2 Å². The Balaban J connectivity index is 3.94. The average Bonchev–Trinajstić information content (AvgIpc) is 2.01. The number of esters is 1. The second-order valence-corrected chi connectivity index (χ2v) is 4.04. The molecule has 0 aromatic heterocycles. The fraction of sp³-hybridized carbons (Fsp3) is 0.778. The van der Waals surface area contributed by atoms with E-state index in [1.165, 1.54) is 0 Å². The molecule has 0 unspecified atom stereocenters. The minimum atomic E-state index is -1.21. The van der Waals surface area contributed by atoms with Crippen molar-refractivity contribution >= 4 is 11.9 Å². The van der Waals surface area contributed by atoms with Gasteiger partial charge in [-0.2, -0.15) is 0 Å². The van der Waals surface area contributed by atoms with Gasteiger partial charge in [-0.1, -0.05) is 0 Å². The number of carbonyl (C=O) groups excluding carboxylic acids is 1. The summed E-state index contributed by atoms with van der Waals surface area (Å²) >= 11 is 0. The van der Waals surface area contributed by atoms with Crippen molar-refractivity contribution in [2.45, 2.75) is 32.4 Å². The molecule has 0 aliphatic rings. The van der Waals surface area contributed by atoms with E-state index in [4.69, 9.17) is 14.9 Å². The van der Waals surface area contributed by atoms with Crippen LogP contribution in [0.3, 0.4) is 0 Å². The standard InChI is InChI=1S/C9H17NO5/c1-9(2,3)15-7(12)4-10-6(5-11)8(13)14/h6,10-11H,4-5H2,1-3H3,(H,13,14)/t6-/m0/s1. The van der Waals surface area contributed by atoms with Crippen LogP contribution in [-0.2, 0) is 14.3 Å². The zero-order valence-corrected chi connectivity index (χ0v) is 9.11. The minimum Gasteiger partial charge on any atom is -0.480 e. The van der Waals surface area contributed by atoms with Gasteiger partial charge in [0.25, 0.3) is 0 Å². The van der Waals surface area contributed by atoms with Gasteiger partial charge in [-0.25, -0.2) is 0 Å². The van der Waals surface area contributed by atoms with Crippen molar-refractivity contribution in [3.8, 4) is 0 Å². The molecular formula is C9H17NO5. The summed E-state index contributed by atoms with van der Waals surface area (Å²) in [5, 5.41) is 19.6. The fourth-order valence-corrected chi connectivity index (χ4v) is 0.814. The Labute approximate surface area is 88.2 Å². The van der Waals surface area contributed by atoms with Crippen molar-refractivity contribution in [1.82, 2.24) is 5.32 Å². The lowest BCUT2D eigenvalue weighted by molar-refractivity contribution is -0.154. The molecule has 0 amide bonds. The number of aliphatic hydroxyl groups is 1. The third-order valence-corrected chi connectivity index (χ3v) is 1.39. The van der Waals surface area contributed by atoms with Gasteiger partial charge in [0.1, 0.15) is 11.6 Å². The van der Waals surface area contributed by atoms with Crippen molar-refractivity contribution in [3.63, 3.8) is 0 Å². The van der Waals surface area contributed by atoms with Gasteiger partial charge >= 0.3 is 11.9 Å². The Morgan fingerprint density at radius 1 is 1.40 bits per heavy atom. The predicted octanol–water partition coefficient (Wildman–Crippen LogP) is -0.637. The Morgan fingerprint density at radius 2 is 1.93 bits per heavy atom. The lowest BCUT2D eigenvalue weighted by Crippen LogP contribution is -2.43. The second-order valence-electron chi connectivity index (χ2n) is 4.04. The number of aliphatic hydroxyl groups excluding tert-OH is 1. The fourth-order valence-electron chi connectivity index (χ4n) is 0.814. The summed E-state index contributed by atoms with van der Waals surface area (Å²) in [6, 6.07) is -1.14. The number of ether oxygens (including phenoxy) is 1. The molecule has 0 fully saturated rings. The molecule has 3 N–H and O–H groups in total. The molecule has 6 heteroatoms. The number of nitrogens with one attached hydrogen (secondary N) is 1. The molecule has 0 saturated carbocycles. The molecule has 0 radical (unpaired) electrons. The Bertz CT molecular complexity index is 233. The summed E-state index contributed by atoms with van der Waals surface area (Å²) in [5.41, 5.74) is -0.600. The van der Waals surface area contributed by atoms with Gasteiger partial charge in [0.05, 0.1) is 13.2 Å². The number of carbonyl (C=O) groups is 2. The van der Waals surface area contributed by atoms with Crippen LogP contribution in [-0.4, -0.2) is 46.9 Å². The highest BCUT2D eigenvalue weighted by Crippen LogP contribution is 2.06. The van der Waals surface area contributed by atoms with Crippen LogP contribution in [0.4, 0.5) is 0 Å². The number of aliphatic carboxylic acids is 1. The van der Waals surface area contributed by atoms with Crippen molar-refractivity contribution in [3.05, 3.63) is 0 Å². The van der Waals surface area contributed by atoms with Crippen LogP contribution in [0.5, 0.6) is 0 Å². The predicted molar refractivity (Wildman–Crippen MR) is 52.4 cm³/mol. The maximum absolute atomic E-state index is 11.1.